The molecule has 13 rings (SSSR count). The van der Waals surface area contributed by atoms with Gasteiger partial charge in [0, 0.05) is 27.5 Å². The zero-order valence-corrected chi connectivity index (χ0v) is 32.5. The fraction of sp³-hybridized carbons (Fsp3) is 0.0175. The Morgan fingerprint density at radius 1 is 0.383 bits per heavy atom. The maximum atomic E-state index is 16.5. The third-order valence-electron chi connectivity index (χ3n) is 13.2. The second kappa shape index (κ2) is 12.4. The molecule has 1 aromatic heterocycles. The fourth-order valence-corrected chi connectivity index (χ4v) is 10.8. The van der Waals surface area contributed by atoms with Gasteiger partial charge >= 0.3 is 0 Å². The average molecular weight is 767 g/mol. The summed E-state index contributed by atoms with van der Waals surface area (Å²) in [5.74, 6) is -0.277. The number of para-hydroxylation sites is 3. The molecule has 0 unspecified atom stereocenters. The molecule has 0 N–H and O–H groups in total. The van der Waals surface area contributed by atoms with Crippen molar-refractivity contribution in [3.63, 3.8) is 0 Å². The van der Waals surface area contributed by atoms with E-state index < -0.39 is 5.41 Å². The smallest absolute Gasteiger partial charge is 0.147 e. The molecule has 280 valence electrons. The highest BCUT2D eigenvalue weighted by Gasteiger charge is 2.53. The van der Waals surface area contributed by atoms with E-state index in [9.17, 15) is 0 Å². The molecule has 0 bridgehead atoms. The number of aromatic nitrogens is 1. The average Bonchev–Trinajstić information content (AvgIpc) is 3.90. The maximum Gasteiger partial charge on any atom is 0.147 e. The van der Waals surface area contributed by atoms with E-state index in [1.807, 2.05) is 12.1 Å². The van der Waals surface area contributed by atoms with Gasteiger partial charge in [0.1, 0.15) is 5.82 Å². The second-order valence-corrected chi connectivity index (χ2v) is 16.1. The molecule has 2 aliphatic rings. The summed E-state index contributed by atoms with van der Waals surface area (Å²) in [7, 11) is 0. The van der Waals surface area contributed by atoms with Crippen LogP contribution in [0.3, 0.4) is 0 Å². The van der Waals surface area contributed by atoms with Crippen LogP contribution in [0.25, 0.3) is 71.3 Å². The molecule has 10 aromatic carbocycles. The summed E-state index contributed by atoms with van der Waals surface area (Å²) in [4.78, 5) is 2.14. The van der Waals surface area contributed by atoms with Gasteiger partial charge in [-0.3, -0.25) is 0 Å². The van der Waals surface area contributed by atoms with Crippen LogP contribution in [-0.4, -0.2) is 4.57 Å². The molecule has 0 atom stereocenters. The molecule has 0 aliphatic heterocycles. The molecule has 3 heteroatoms. The highest BCUT2D eigenvalue weighted by atomic mass is 19.1. The van der Waals surface area contributed by atoms with Crippen molar-refractivity contribution in [3.8, 4) is 27.9 Å². The van der Waals surface area contributed by atoms with Gasteiger partial charge in [0.2, 0.25) is 0 Å². The van der Waals surface area contributed by atoms with Crippen LogP contribution in [0.5, 0.6) is 0 Å². The van der Waals surface area contributed by atoms with Crippen LogP contribution < -0.4 is 4.90 Å². The molecular weight excluding hydrogens is 732 g/mol. The van der Waals surface area contributed by atoms with Crippen molar-refractivity contribution in [1.29, 1.82) is 0 Å². The van der Waals surface area contributed by atoms with Gasteiger partial charge in [0.05, 0.1) is 27.8 Å². The van der Waals surface area contributed by atoms with Crippen molar-refractivity contribution in [1.82, 2.24) is 4.57 Å². The molecule has 0 amide bonds. The predicted molar refractivity (Wildman–Crippen MR) is 247 cm³/mol. The lowest BCUT2D eigenvalue weighted by Gasteiger charge is -2.33. The first kappa shape index (κ1) is 33.2. The topological polar surface area (TPSA) is 8.17 Å². The Kier molecular flexibility index (Phi) is 6.86. The van der Waals surface area contributed by atoms with Crippen LogP contribution in [0.1, 0.15) is 22.3 Å². The first-order chi connectivity index (χ1) is 29.7. The van der Waals surface area contributed by atoms with E-state index in [0.717, 1.165) is 38.6 Å². The molecule has 0 saturated heterocycles. The van der Waals surface area contributed by atoms with Crippen LogP contribution >= 0.6 is 0 Å². The van der Waals surface area contributed by atoms with Crippen molar-refractivity contribution >= 4 is 60.4 Å². The number of rotatable bonds is 4. The van der Waals surface area contributed by atoms with Gasteiger partial charge in [-0.05, 0) is 121 Å². The first-order valence-electron chi connectivity index (χ1n) is 20.6. The van der Waals surface area contributed by atoms with E-state index in [1.54, 1.807) is 12.1 Å². The Morgan fingerprint density at radius 2 is 1.02 bits per heavy atom. The molecule has 11 aromatic rings. The van der Waals surface area contributed by atoms with Crippen LogP contribution in [0.2, 0.25) is 0 Å². The Labute approximate surface area is 346 Å². The highest BCUT2D eigenvalue weighted by Crippen LogP contribution is 2.65. The van der Waals surface area contributed by atoms with Crippen molar-refractivity contribution in [2.75, 3.05) is 4.90 Å². The number of anilines is 3. The van der Waals surface area contributed by atoms with Crippen LogP contribution in [-0.2, 0) is 5.41 Å². The van der Waals surface area contributed by atoms with Crippen molar-refractivity contribution in [3.05, 3.63) is 240 Å². The SMILES string of the molecule is Fc1ccccc1N(c1ccc2ccccc2c1)c1cc2c(c3ccccc13)-c1cc3c(cc1C21c2ccccc2-c2ccccc21)c1ccccc1n3-c1ccccc1. The Bertz CT molecular complexity index is 3530. The molecule has 2 nitrogen and oxygen atoms in total. The summed E-state index contributed by atoms with van der Waals surface area (Å²) in [6, 6.07) is 75.5. The minimum Gasteiger partial charge on any atom is -0.309 e. The lowest BCUT2D eigenvalue weighted by molar-refractivity contribution is 0.629. The number of halogens is 1. The number of hydrogen-bond donors (Lipinski definition) is 0. The van der Waals surface area contributed by atoms with Crippen LogP contribution in [0.4, 0.5) is 21.5 Å². The van der Waals surface area contributed by atoms with Crippen molar-refractivity contribution in [2.24, 2.45) is 0 Å². The third-order valence-corrected chi connectivity index (χ3v) is 13.2. The van der Waals surface area contributed by atoms with E-state index in [0.29, 0.717) is 5.69 Å². The first-order valence-corrected chi connectivity index (χ1v) is 20.6. The fourth-order valence-electron chi connectivity index (χ4n) is 10.8. The predicted octanol–water partition coefficient (Wildman–Crippen LogP) is 15.0. The van der Waals surface area contributed by atoms with Crippen molar-refractivity contribution in [2.45, 2.75) is 5.41 Å². The van der Waals surface area contributed by atoms with Gasteiger partial charge in [-0.25, -0.2) is 4.39 Å². The van der Waals surface area contributed by atoms with Gasteiger partial charge in [-0.1, -0.05) is 152 Å². The van der Waals surface area contributed by atoms with Gasteiger partial charge < -0.3 is 9.47 Å². The van der Waals surface area contributed by atoms with Gasteiger partial charge in [0.15, 0.2) is 0 Å². The quantitative estimate of drug-likeness (QED) is 0.173. The normalized spacial score (nSPS) is 13.2. The van der Waals surface area contributed by atoms with Crippen molar-refractivity contribution < 1.29 is 4.39 Å². The molecule has 0 fully saturated rings. The standard InChI is InChI=1S/C57H35FN2/c58-51-27-13-15-29-53(51)60(39-31-30-36-16-4-5-17-37(36)32-39)55-35-50-56(44-24-7-6-22-42(44)55)46-34-54-45(43-23-10-14-28-52(43)59(54)38-18-2-1-3-19-38)33-49(46)57(50)47-25-11-8-20-40(47)41-21-9-12-26-48(41)57/h1-35H. The van der Waals surface area contributed by atoms with Gasteiger partial charge in [-0.2, -0.15) is 0 Å². The summed E-state index contributed by atoms with van der Waals surface area (Å²) < 4.78 is 18.9. The summed E-state index contributed by atoms with van der Waals surface area (Å²) in [6.07, 6.45) is 0. The maximum absolute atomic E-state index is 16.5. The number of hydrogen-bond acceptors (Lipinski definition) is 1. The number of fused-ring (bicyclic) bond motifs is 16. The lowest BCUT2D eigenvalue weighted by Crippen LogP contribution is -2.26. The van der Waals surface area contributed by atoms with Crippen LogP contribution in [0, 0.1) is 5.82 Å². The minimum absolute atomic E-state index is 0.277. The molecule has 60 heavy (non-hydrogen) atoms. The van der Waals surface area contributed by atoms with E-state index in [-0.39, 0.29) is 5.82 Å². The molecule has 1 heterocycles. The van der Waals surface area contributed by atoms with E-state index in [1.165, 1.54) is 66.3 Å². The summed E-state index contributed by atoms with van der Waals surface area (Å²) in [5.41, 5.74) is 15.1. The van der Waals surface area contributed by atoms with E-state index in [2.05, 4.69) is 198 Å². The lowest BCUT2D eigenvalue weighted by atomic mass is 9.70. The minimum atomic E-state index is -0.648. The summed E-state index contributed by atoms with van der Waals surface area (Å²) in [5, 5.41) is 6.87. The Hall–Kier alpha value is -7.75. The van der Waals surface area contributed by atoms with E-state index in [4.69, 9.17) is 0 Å². The zero-order chi connectivity index (χ0) is 39.5. The van der Waals surface area contributed by atoms with Gasteiger partial charge in [0.25, 0.3) is 0 Å². The molecule has 2 aliphatic carbocycles. The van der Waals surface area contributed by atoms with Crippen LogP contribution in [0.15, 0.2) is 212 Å². The molecule has 1 spiro atoms. The van der Waals surface area contributed by atoms with Gasteiger partial charge in [-0.15, -0.1) is 0 Å². The largest absolute Gasteiger partial charge is 0.309 e. The molecular formula is C57H35FN2. The molecule has 0 radical (unpaired) electrons. The Balaban J connectivity index is 1.21. The number of nitrogens with zero attached hydrogens (tertiary/aromatic N) is 2. The summed E-state index contributed by atoms with van der Waals surface area (Å²) in [6.45, 7) is 0. The highest BCUT2D eigenvalue weighted by molar-refractivity contribution is 6.16. The monoisotopic (exact) mass is 766 g/mol. The third kappa shape index (κ3) is 4.36. The second-order valence-electron chi connectivity index (χ2n) is 16.1. The zero-order valence-electron chi connectivity index (χ0n) is 32.5. The Morgan fingerprint density at radius 3 is 1.80 bits per heavy atom. The summed E-state index contributed by atoms with van der Waals surface area (Å²) >= 11 is 0. The molecule has 0 saturated carbocycles. The van der Waals surface area contributed by atoms with E-state index >= 15 is 4.39 Å². The number of benzene rings is 10.